The largest absolute Gasteiger partial charge is 0.414 e. The van der Waals surface area contributed by atoms with Crippen molar-refractivity contribution in [3.05, 3.63) is 52.7 Å². The van der Waals surface area contributed by atoms with Crippen LogP contribution in [-0.4, -0.2) is 33.0 Å². The van der Waals surface area contributed by atoms with Crippen LogP contribution in [0.3, 0.4) is 0 Å². The van der Waals surface area contributed by atoms with E-state index in [1.54, 1.807) is 13.1 Å². The highest BCUT2D eigenvalue weighted by molar-refractivity contribution is 6.31. The van der Waals surface area contributed by atoms with Gasteiger partial charge in [-0.2, -0.15) is 0 Å². The molecule has 4 saturated carbocycles. The predicted octanol–water partition coefficient (Wildman–Crippen LogP) is 4.19. The Morgan fingerprint density at radius 1 is 1.09 bits per heavy atom. The van der Waals surface area contributed by atoms with Gasteiger partial charge in [-0.3, -0.25) is 9.78 Å². The Hall–Kier alpha value is -2.74. The summed E-state index contributed by atoms with van der Waals surface area (Å²) < 4.78 is 19.1. The van der Waals surface area contributed by atoms with Crippen LogP contribution in [0.5, 0.6) is 5.88 Å². The first kappa shape index (κ1) is 21.1. The molecule has 2 aromatic rings. The maximum atomic E-state index is 13.8. The van der Waals surface area contributed by atoms with E-state index in [0.717, 1.165) is 32.1 Å². The predicted molar refractivity (Wildman–Crippen MR) is 115 cm³/mol. The topological polar surface area (TPSA) is 93.2 Å². The first-order chi connectivity index (χ1) is 15.2. The van der Waals surface area contributed by atoms with Crippen LogP contribution in [-0.2, 0) is 0 Å². The van der Waals surface area contributed by atoms with Gasteiger partial charge in [0.25, 0.3) is 5.91 Å². The lowest BCUT2D eigenvalue weighted by atomic mass is 9.50. The molecular formula is C23H24ClFN4O3. The molecule has 1 aromatic heterocycles. The molecule has 0 saturated heterocycles. The molecule has 2 unspecified atom stereocenters. The Morgan fingerprint density at radius 2 is 1.78 bits per heavy atom. The van der Waals surface area contributed by atoms with Gasteiger partial charge in [-0.05, 0) is 75.5 Å². The molecule has 2 atom stereocenters. The molecule has 2 N–H and O–H groups in total. The fraction of sp³-hybridized carbons (Fsp3) is 0.478. The SMILES string of the molecule is Cc1cncc(OC(=O)NC23CC4CC(C2)CC(NC(=O)c2cc(F)cc(Cl)c2)(C4)C3)n1. The van der Waals surface area contributed by atoms with Crippen LogP contribution in [0.4, 0.5) is 9.18 Å². The van der Waals surface area contributed by atoms with Crippen molar-refractivity contribution in [2.45, 2.75) is 56.5 Å². The molecule has 6 rings (SSSR count). The van der Waals surface area contributed by atoms with Crippen molar-refractivity contribution in [2.24, 2.45) is 11.8 Å². The third kappa shape index (κ3) is 4.16. The van der Waals surface area contributed by atoms with E-state index in [9.17, 15) is 14.0 Å². The zero-order chi connectivity index (χ0) is 22.5. The first-order valence-corrected chi connectivity index (χ1v) is 11.2. The zero-order valence-corrected chi connectivity index (χ0v) is 18.4. The molecule has 4 aliphatic carbocycles. The molecule has 9 heteroatoms. The Labute approximate surface area is 190 Å². The summed E-state index contributed by atoms with van der Waals surface area (Å²) in [5.41, 5.74) is -0.0452. The second-order valence-electron chi connectivity index (χ2n) is 9.65. The summed E-state index contributed by atoms with van der Waals surface area (Å²) in [6, 6.07) is 3.83. The molecule has 4 fully saturated rings. The summed E-state index contributed by atoms with van der Waals surface area (Å²) in [5, 5.41) is 6.44. The van der Waals surface area contributed by atoms with Crippen molar-refractivity contribution in [3.8, 4) is 5.88 Å². The number of benzene rings is 1. The van der Waals surface area contributed by atoms with Crippen molar-refractivity contribution in [1.29, 1.82) is 0 Å². The van der Waals surface area contributed by atoms with E-state index in [1.807, 2.05) is 0 Å². The second kappa shape index (κ2) is 7.69. The maximum Gasteiger partial charge on any atom is 0.414 e. The Kier molecular flexibility index (Phi) is 5.08. The number of ether oxygens (including phenoxy) is 1. The molecule has 1 heterocycles. The number of hydrogen-bond donors (Lipinski definition) is 2. The zero-order valence-electron chi connectivity index (χ0n) is 17.7. The average molecular weight is 459 g/mol. The number of aromatic nitrogens is 2. The highest BCUT2D eigenvalue weighted by Gasteiger charge is 2.59. The molecule has 32 heavy (non-hydrogen) atoms. The molecule has 4 bridgehead atoms. The lowest BCUT2D eigenvalue weighted by molar-refractivity contribution is -0.0449. The summed E-state index contributed by atoms with van der Waals surface area (Å²) >= 11 is 5.93. The third-order valence-electron chi connectivity index (χ3n) is 6.86. The van der Waals surface area contributed by atoms with Gasteiger partial charge in [-0.1, -0.05) is 11.6 Å². The Balaban J connectivity index is 1.33. The van der Waals surface area contributed by atoms with Gasteiger partial charge in [0.15, 0.2) is 0 Å². The van der Waals surface area contributed by atoms with Gasteiger partial charge in [-0.25, -0.2) is 14.2 Å². The summed E-state index contributed by atoms with van der Waals surface area (Å²) in [6.07, 6.45) is 7.51. The van der Waals surface area contributed by atoms with E-state index in [1.165, 1.54) is 24.4 Å². The lowest BCUT2D eigenvalue weighted by Gasteiger charge is -2.62. The molecule has 2 amide bonds. The number of nitrogens with zero attached hydrogens (tertiary/aromatic N) is 2. The molecule has 4 aliphatic rings. The molecule has 1 aromatic carbocycles. The van der Waals surface area contributed by atoms with E-state index >= 15 is 0 Å². The van der Waals surface area contributed by atoms with Gasteiger partial charge in [0.1, 0.15) is 5.82 Å². The average Bonchev–Trinajstić information content (AvgIpc) is 2.65. The highest BCUT2D eigenvalue weighted by Crippen LogP contribution is 2.57. The fourth-order valence-corrected chi connectivity index (χ4v) is 6.60. The summed E-state index contributed by atoms with van der Waals surface area (Å²) in [4.78, 5) is 33.8. The van der Waals surface area contributed by atoms with Gasteiger partial charge in [0.2, 0.25) is 5.88 Å². The molecular weight excluding hydrogens is 435 g/mol. The van der Waals surface area contributed by atoms with Crippen LogP contribution in [0.15, 0.2) is 30.6 Å². The number of carbonyl (C=O) groups excluding carboxylic acids is 2. The van der Waals surface area contributed by atoms with E-state index in [-0.39, 0.29) is 22.4 Å². The molecule has 0 aliphatic heterocycles. The monoisotopic (exact) mass is 458 g/mol. The van der Waals surface area contributed by atoms with Gasteiger partial charge in [-0.15, -0.1) is 0 Å². The van der Waals surface area contributed by atoms with Crippen molar-refractivity contribution in [2.75, 3.05) is 0 Å². The van der Waals surface area contributed by atoms with Gasteiger partial charge in [0.05, 0.1) is 11.9 Å². The van der Waals surface area contributed by atoms with E-state index in [4.69, 9.17) is 16.3 Å². The lowest BCUT2D eigenvalue weighted by Crippen LogP contribution is -2.70. The molecule has 7 nitrogen and oxygen atoms in total. The fourth-order valence-electron chi connectivity index (χ4n) is 6.38. The second-order valence-corrected chi connectivity index (χ2v) is 10.1. The quantitative estimate of drug-likeness (QED) is 0.716. The highest BCUT2D eigenvalue weighted by atomic mass is 35.5. The Bertz CT molecular complexity index is 1060. The van der Waals surface area contributed by atoms with Crippen LogP contribution in [0, 0.1) is 24.6 Å². The van der Waals surface area contributed by atoms with Crippen LogP contribution in [0.25, 0.3) is 0 Å². The van der Waals surface area contributed by atoms with Crippen molar-refractivity contribution < 1.29 is 18.7 Å². The Morgan fingerprint density at radius 3 is 2.44 bits per heavy atom. The minimum atomic E-state index is -0.565. The minimum Gasteiger partial charge on any atom is -0.390 e. The van der Waals surface area contributed by atoms with E-state index in [2.05, 4.69) is 20.6 Å². The van der Waals surface area contributed by atoms with E-state index in [0.29, 0.717) is 24.0 Å². The van der Waals surface area contributed by atoms with Crippen LogP contribution in [0.2, 0.25) is 5.02 Å². The van der Waals surface area contributed by atoms with Crippen LogP contribution in [0.1, 0.15) is 54.6 Å². The van der Waals surface area contributed by atoms with Crippen LogP contribution < -0.4 is 15.4 Å². The normalized spacial score (nSPS) is 30.1. The number of rotatable bonds is 4. The number of halogens is 2. The maximum absolute atomic E-state index is 13.8. The van der Waals surface area contributed by atoms with Crippen molar-refractivity contribution >= 4 is 23.6 Å². The standard InChI is InChI=1S/C23H24ClFN4O3/c1-13-10-26-11-19(27-13)32-21(31)29-23-8-14-2-15(9-23)7-22(6-14,12-23)28-20(30)16-3-17(24)5-18(25)4-16/h3-5,10-11,14-15H,2,6-9,12H2,1H3,(H,28,30)(H,29,31). The van der Waals surface area contributed by atoms with Crippen molar-refractivity contribution in [1.82, 2.24) is 20.6 Å². The van der Waals surface area contributed by atoms with Crippen LogP contribution >= 0.6 is 11.6 Å². The number of aryl methyl sites for hydroxylation is 1. The van der Waals surface area contributed by atoms with Gasteiger partial charge in [0, 0.05) is 27.9 Å². The summed E-state index contributed by atoms with van der Waals surface area (Å²) in [6.45, 7) is 1.77. The van der Waals surface area contributed by atoms with Gasteiger partial charge >= 0.3 is 6.09 Å². The molecule has 0 spiro atoms. The first-order valence-electron chi connectivity index (χ1n) is 10.8. The van der Waals surface area contributed by atoms with E-state index < -0.39 is 23.0 Å². The van der Waals surface area contributed by atoms with Gasteiger partial charge < -0.3 is 15.4 Å². The third-order valence-corrected chi connectivity index (χ3v) is 7.08. The molecule has 0 radical (unpaired) electrons. The number of carbonyl (C=O) groups is 2. The molecule has 168 valence electrons. The number of nitrogens with one attached hydrogen (secondary N) is 2. The smallest absolute Gasteiger partial charge is 0.390 e. The summed E-state index contributed by atoms with van der Waals surface area (Å²) in [7, 11) is 0. The van der Waals surface area contributed by atoms with Crippen molar-refractivity contribution in [3.63, 3.8) is 0 Å². The summed E-state index contributed by atoms with van der Waals surface area (Å²) in [5.74, 6) is 0.0473. The number of hydrogen-bond acceptors (Lipinski definition) is 5. The number of amides is 2. The minimum absolute atomic E-state index is 0.151.